The lowest BCUT2D eigenvalue weighted by atomic mass is 10.0. The molecule has 0 aromatic rings. The Labute approximate surface area is 62.4 Å². The largest absolute Gasteiger partial charge is 0.326 e. The Balaban J connectivity index is 3.07. The Kier molecular flexibility index (Phi) is 4.32. The van der Waals surface area contributed by atoms with Crippen molar-refractivity contribution in [3.8, 4) is 0 Å². The van der Waals surface area contributed by atoms with Gasteiger partial charge in [-0.15, -0.1) is 0 Å². The summed E-state index contributed by atoms with van der Waals surface area (Å²) in [4.78, 5) is 0. The molecule has 0 unspecified atom stereocenters. The van der Waals surface area contributed by atoms with Crippen molar-refractivity contribution in [3.05, 3.63) is 0 Å². The minimum absolute atomic E-state index is 0.0374. The number of nitrogens with two attached hydrogens (primary N) is 1. The Morgan fingerprint density at radius 2 is 2.00 bits per heavy atom. The highest BCUT2D eigenvalue weighted by Crippen LogP contribution is 2.09. The smallest absolute Gasteiger partial charge is 0.00973 e. The summed E-state index contributed by atoms with van der Waals surface area (Å²) >= 11 is 1.89. The van der Waals surface area contributed by atoms with E-state index in [1.807, 2.05) is 11.8 Å². The maximum atomic E-state index is 5.77. The van der Waals surface area contributed by atoms with E-state index in [0.717, 1.165) is 6.42 Å². The highest BCUT2D eigenvalue weighted by atomic mass is 32.2. The molecule has 0 amide bonds. The fourth-order valence-electron chi connectivity index (χ4n) is 0.672. The molecule has 2 N–H and O–H groups in total. The van der Waals surface area contributed by atoms with Crippen molar-refractivity contribution in [1.82, 2.24) is 0 Å². The lowest BCUT2D eigenvalue weighted by Crippen LogP contribution is -2.31. The molecule has 9 heavy (non-hydrogen) atoms. The molecular weight excluding hydrogens is 130 g/mol. The van der Waals surface area contributed by atoms with Gasteiger partial charge in [-0.25, -0.2) is 0 Å². The van der Waals surface area contributed by atoms with E-state index in [1.165, 1.54) is 12.2 Å². The average molecular weight is 147 g/mol. The van der Waals surface area contributed by atoms with Crippen LogP contribution in [0, 0.1) is 0 Å². The minimum Gasteiger partial charge on any atom is -0.326 e. The lowest BCUT2D eigenvalue weighted by Gasteiger charge is -2.17. The van der Waals surface area contributed by atoms with Crippen LogP contribution >= 0.6 is 11.8 Å². The van der Waals surface area contributed by atoms with E-state index in [4.69, 9.17) is 5.73 Å². The van der Waals surface area contributed by atoms with Crippen LogP contribution < -0.4 is 5.73 Å². The van der Waals surface area contributed by atoms with E-state index in [2.05, 4.69) is 20.1 Å². The molecule has 0 aliphatic rings. The van der Waals surface area contributed by atoms with Gasteiger partial charge in [0.15, 0.2) is 0 Å². The predicted molar refractivity (Wildman–Crippen MR) is 45.9 cm³/mol. The van der Waals surface area contributed by atoms with Crippen LogP contribution in [-0.2, 0) is 0 Å². The first-order chi connectivity index (χ1) is 4.06. The number of hydrogen-bond acceptors (Lipinski definition) is 2. The average Bonchev–Trinajstić information content (AvgIpc) is 1.63. The van der Waals surface area contributed by atoms with Gasteiger partial charge in [-0.3, -0.25) is 0 Å². The fourth-order valence-corrected chi connectivity index (χ4v) is 1.11. The minimum atomic E-state index is 0.0374. The molecule has 0 heterocycles. The van der Waals surface area contributed by atoms with Gasteiger partial charge in [-0.1, -0.05) is 0 Å². The van der Waals surface area contributed by atoms with E-state index < -0.39 is 0 Å². The molecule has 2 heteroatoms. The van der Waals surface area contributed by atoms with Crippen molar-refractivity contribution in [2.24, 2.45) is 5.73 Å². The first-order valence-corrected chi connectivity index (χ1v) is 4.73. The zero-order valence-electron chi connectivity index (χ0n) is 6.61. The number of thioether (sulfide) groups is 1. The zero-order valence-corrected chi connectivity index (χ0v) is 7.42. The highest BCUT2D eigenvalue weighted by Gasteiger charge is 2.08. The molecular formula is C7H17NS. The molecule has 0 spiro atoms. The summed E-state index contributed by atoms with van der Waals surface area (Å²) in [5.74, 6) is 1.24. The Morgan fingerprint density at radius 3 is 2.33 bits per heavy atom. The van der Waals surface area contributed by atoms with E-state index in [9.17, 15) is 0 Å². The standard InChI is InChI=1S/C7H17NS/c1-7(2,8)5-4-6-9-3/h4-6,8H2,1-3H3. The Morgan fingerprint density at radius 1 is 1.44 bits per heavy atom. The topological polar surface area (TPSA) is 26.0 Å². The lowest BCUT2D eigenvalue weighted by molar-refractivity contribution is 0.472. The zero-order chi connectivity index (χ0) is 7.33. The van der Waals surface area contributed by atoms with Gasteiger partial charge in [0.25, 0.3) is 0 Å². The van der Waals surface area contributed by atoms with Gasteiger partial charge in [0.1, 0.15) is 0 Å². The van der Waals surface area contributed by atoms with Gasteiger partial charge < -0.3 is 5.73 Å². The molecule has 1 nitrogen and oxygen atoms in total. The third kappa shape index (κ3) is 8.31. The van der Waals surface area contributed by atoms with Crippen molar-refractivity contribution in [3.63, 3.8) is 0 Å². The maximum Gasteiger partial charge on any atom is 0.00973 e. The molecule has 0 rings (SSSR count). The highest BCUT2D eigenvalue weighted by molar-refractivity contribution is 7.98. The molecule has 0 aromatic carbocycles. The molecule has 56 valence electrons. The summed E-state index contributed by atoms with van der Waals surface area (Å²) in [7, 11) is 0. The molecule has 0 atom stereocenters. The Hall–Kier alpha value is 0.310. The van der Waals surface area contributed by atoms with Crippen molar-refractivity contribution in [2.45, 2.75) is 32.2 Å². The number of rotatable bonds is 4. The normalized spacial score (nSPS) is 12.0. The van der Waals surface area contributed by atoms with Crippen LogP contribution in [0.2, 0.25) is 0 Å². The predicted octanol–water partition coefficient (Wildman–Crippen LogP) is 1.87. The summed E-state index contributed by atoms with van der Waals surface area (Å²) in [6.07, 6.45) is 4.50. The van der Waals surface area contributed by atoms with Gasteiger partial charge in [-0.05, 0) is 38.7 Å². The molecule has 0 saturated carbocycles. The molecule has 0 aromatic heterocycles. The van der Waals surface area contributed by atoms with Gasteiger partial charge in [0, 0.05) is 5.54 Å². The fraction of sp³-hybridized carbons (Fsp3) is 1.00. The van der Waals surface area contributed by atoms with E-state index >= 15 is 0 Å². The SMILES string of the molecule is CSCCCC(C)(C)N. The summed E-state index contributed by atoms with van der Waals surface area (Å²) in [5, 5.41) is 0. The summed E-state index contributed by atoms with van der Waals surface area (Å²) < 4.78 is 0. The van der Waals surface area contributed by atoms with Crippen LogP contribution in [-0.4, -0.2) is 17.5 Å². The van der Waals surface area contributed by atoms with Crippen LogP contribution in [0.1, 0.15) is 26.7 Å². The molecule has 0 aliphatic carbocycles. The van der Waals surface area contributed by atoms with E-state index in [-0.39, 0.29) is 5.54 Å². The molecule has 0 aliphatic heterocycles. The van der Waals surface area contributed by atoms with Gasteiger partial charge in [-0.2, -0.15) is 11.8 Å². The van der Waals surface area contributed by atoms with E-state index in [0.29, 0.717) is 0 Å². The van der Waals surface area contributed by atoms with Crippen molar-refractivity contribution >= 4 is 11.8 Å². The van der Waals surface area contributed by atoms with Crippen LogP contribution in [0.15, 0.2) is 0 Å². The summed E-state index contributed by atoms with van der Waals surface area (Å²) in [6.45, 7) is 4.15. The van der Waals surface area contributed by atoms with Crippen molar-refractivity contribution < 1.29 is 0 Å². The second-order valence-corrected chi connectivity index (χ2v) is 4.07. The summed E-state index contributed by atoms with van der Waals surface area (Å²) in [6, 6.07) is 0. The van der Waals surface area contributed by atoms with Crippen molar-refractivity contribution in [2.75, 3.05) is 12.0 Å². The second kappa shape index (κ2) is 4.18. The van der Waals surface area contributed by atoms with Crippen molar-refractivity contribution in [1.29, 1.82) is 0 Å². The van der Waals surface area contributed by atoms with Crippen LogP contribution in [0.25, 0.3) is 0 Å². The molecule has 0 saturated heterocycles. The third-order valence-electron chi connectivity index (χ3n) is 1.17. The number of hydrogen-bond donors (Lipinski definition) is 1. The first-order valence-electron chi connectivity index (χ1n) is 3.34. The molecule has 0 bridgehead atoms. The third-order valence-corrected chi connectivity index (χ3v) is 1.87. The Bertz CT molecular complexity index is 65.8. The molecule has 0 radical (unpaired) electrons. The monoisotopic (exact) mass is 147 g/mol. The van der Waals surface area contributed by atoms with E-state index in [1.54, 1.807) is 0 Å². The molecule has 0 fully saturated rings. The van der Waals surface area contributed by atoms with Gasteiger partial charge >= 0.3 is 0 Å². The van der Waals surface area contributed by atoms with Crippen LogP contribution in [0.3, 0.4) is 0 Å². The quantitative estimate of drug-likeness (QED) is 0.614. The van der Waals surface area contributed by atoms with Gasteiger partial charge in [0.05, 0.1) is 0 Å². The maximum absolute atomic E-state index is 5.77. The second-order valence-electron chi connectivity index (χ2n) is 3.08. The van der Waals surface area contributed by atoms with Gasteiger partial charge in [0.2, 0.25) is 0 Å². The van der Waals surface area contributed by atoms with Crippen LogP contribution in [0.5, 0.6) is 0 Å². The van der Waals surface area contributed by atoms with Crippen LogP contribution in [0.4, 0.5) is 0 Å². The first kappa shape index (κ1) is 9.31. The summed E-state index contributed by atoms with van der Waals surface area (Å²) in [5.41, 5.74) is 5.80.